The van der Waals surface area contributed by atoms with Gasteiger partial charge in [0.05, 0.1) is 5.60 Å². The van der Waals surface area contributed by atoms with Crippen LogP contribution in [-0.2, 0) is 25.4 Å². The highest BCUT2D eigenvalue weighted by Gasteiger charge is 2.57. The second-order valence-electron chi connectivity index (χ2n) is 7.60. The fraction of sp³-hybridized carbons (Fsp3) is 0.500. The molecule has 4 atom stereocenters. The average molecular weight is 389 g/mol. The van der Waals surface area contributed by atoms with Gasteiger partial charge < -0.3 is 28.7 Å². The maximum absolute atomic E-state index is 12.0. The van der Waals surface area contributed by atoms with Gasteiger partial charge in [0.2, 0.25) is 0 Å². The molecule has 1 aromatic heterocycles. The van der Waals surface area contributed by atoms with Crippen molar-refractivity contribution in [3.05, 3.63) is 40.2 Å². The summed E-state index contributed by atoms with van der Waals surface area (Å²) in [7, 11) is 3.23. The Morgan fingerprint density at radius 1 is 1.14 bits per heavy atom. The van der Waals surface area contributed by atoms with Crippen molar-refractivity contribution in [2.24, 2.45) is 0 Å². The van der Waals surface area contributed by atoms with E-state index < -0.39 is 41.8 Å². The number of methoxy groups -OCH3 is 1. The molecule has 3 heterocycles. The predicted molar refractivity (Wildman–Crippen MR) is 101 cm³/mol. The highest BCUT2D eigenvalue weighted by molar-refractivity contribution is 5.80. The van der Waals surface area contributed by atoms with Crippen molar-refractivity contribution in [3.8, 4) is 0 Å². The van der Waals surface area contributed by atoms with Crippen LogP contribution < -0.4 is 10.9 Å². The quantitative estimate of drug-likeness (QED) is 0.629. The average Bonchev–Trinajstić information content (AvgIpc) is 3.02. The van der Waals surface area contributed by atoms with Gasteiger partial charge in [-0.25, -0.2) is 9.59 Å². The minimum Gasteiger partial charge on any atom is -0.424 e. The van der Waals surface area contributed by atoms with Crippen molar-refractivity contribution >= 4 is 22.8 Å². The molecular weight excluding hydrogens is 366 g/mol. The first-order valence-electron chi connectivity index (χ1n) is 9.15. The molecule has 8 heteroatoms. The van der Waals surface area contributed by atoms with Crippen LogP contribution >= 0.6 is 0 Å². The topological polar surface area (TPSA) is 96.2 Å². The van der Waals surface area contributed by atoms with Crippen molar-refractivity contribution in [1.29, 1.82) is 0 Å². The number of carbonyl (C=O) groups is 1. The molecule has 2 aromatic rings. The summed E-state index contributed by atoms with van der Waals surface area (Å²) in [5.74, 6) is 0. The first-order chi connectivity index (χ1) is 13.3. The number of nitrogens with one attached hydrogen (secondary N) is 1. The Bertz CT molecular complexity index is 967. The standard InChI is InChI=1S/C20H23NO7/c1-20(2)17(24-4)16-15(26-19(23)27-16)14(28-20)8-10-5-6-11-9-12(21-3)18(22)25-13(11)7-10/h5-7,9,14-17,21H,8H2,1-4H3/t14-,15+,16?,17+/m0/s1. The highest BCUT2D eigenvalue weighted by atomic mass is 16.8. The van der Waals surface area contributed by atoms with Crippen molar-refractivity contribution in [1.82, 2.24) is 0 Å². The van der Waals surface area contributed by atoms with Crippen molar-refractivity contribution in [2.75, 3.05) is 19.5 Å². The van der Waals surface area contributed by atoms with E-state index in [2.05, 4.69) is 5.32 Å². The lowest BCUT2D eigenvalue weighted by Gasteiger charge is -2.45. The molecule has 2 aliphatic rings. The zero-order valence-corrected chi connectivity index (χ0v) is 16.2. The van der Waals surface area contributed by atoms with Gasteiger partial charge in [0.25, 0.3) is 0 Å². The SMILES string of the molecule is CNc1cc2ccc(C[C@@H]3OC(C)(C)[C@H](OC)C4OC(=O)O[C@@H]43)cc2oc1=O. The van der Waals surface area contributed by atoms with E-state index >= 15 is 0 Å². The van der Waals surface area contributed by atoms with Crippen LogP contribution in [0.1, 0.15) is 19.4 Å². The molecule has 150 valence electrons. The van der Waals surface area contributed by atoms with Crippen LogP contribution in [0.25, 0.3) is 11.0 Å². The number of anilines is 1. The summed E-state index contributed by atoms with van der Waals surface area (Å²) in [6, 6.07) is 7.38. The molecule has 1 aromatic carbocycles. The van der Waals surface area contributed by atoms with Gasteiger partial charge in [-0.1, -0.05) is 12.1 Å². The molecule has 2 aliphatic heterocycles. The summed E-state index contributed by atoms with van der Waals surface area (Å²) in [4.78, 5) is 23.7. The second-order valence-corrected chi connectivity index (χ2v) is 7.60. The molecule has 0 bridgehead atoms. The molecule has 0 radical (unpaired) electrons. The Labute approximate surface area is 161 Å². The lowest BCUT2D eigenvalue weighted by atomic mass is 9.85. The Hall–Kier alpha value is -2.58. The molecule has 1 N–H and O–H groups in total. The first kappa shape index (κ1) is 18.8. The van der Waals surface area contributed by atoms with Crippen LogP contribution in [0.15, 0.2) is 33.5 Å². The second kappa shape index (κ2) is 6.79. The Balaban J connectivity index is 1.64. The lowest BCUT2D eigenvalue weighted by Crippen LogP contribution is -2.61. The van der Waals surface area contributed by atoms with Gasteiger partial charge in [-0.15, -0.1) is 0 Å². The van der Waals surface area contributed by atoms with Crippen LogP contribution in [-0.4, -0.2) is 50.3 Å². The molecule has 0 saturated carbocycles. The largest absolute Gasteiger partial charge is 0.509 e. The third kappa shape index (κ3) is 3.12. The molecule has 4 rings (SSSR count). The maximum atomic E-state index is 12.0. The molecule has 0 spiro atoms. The van der Waals surface area contributed by atoms with Gasteiger partial charge in [0.1, 0.15) is 23.5 Å². The summed E-state index contributed by atoms with van der Waals surface area (Å²) in [5.41, 5.74) is 0.692. The molecule has 0 amide bonds. The molecule has 2 fully saturated rings. The molecule has 0 aliphatic carbocycles. The van der Waals surface area contributed by atoms with E-state index in [1.165, 1.54) is 0 Å². The van der Waals surface area contributed by atoms with Crippen LogP contribution in [0.5, 0.6) is 0 Å². The Morgan fingerprint density at radius 2 is 1.89 bits per heavy atom. The number of rotatable bonds is 4. The normalized spacial score (nSPS) is 28.5. The summed E-state index contributed by atoms with van der Waals surface area (Å²) < 4.78 is 27.9. The molecule has 8 nitrogen and oxygen atoms in total. The van der Waals surface area contributed by atoms with Crippen LogP contribution in [0.4, 0.5) is 10.5 Å². The molecule has 2 saturated heterocycles. The van der Waals surface area contributed by atoms with Gasteiger partial charge in [-0.3, -0.25) is 0 Å². The van der Waals surface area contributed by atoms with E-state index in [0.29, 0.717) is 17.7 Å². The number of carbonyl (C=O) groups excluding carboxylic acids is 1. The van der Waals surface area contributed by atoms with Crippen molar-refractivity contribution < 1.29 is 28.2 Å². The smallest absolute Gasteiger partial charge is 0.424 e. The number of ether oxygens (including phenoxy) is 4. The van der Waals surface area contributed by atoms with E-state index in [-0.39, 0.29) is 0 Å². The first-order valence-corrected chi connectivity index (χ1v) is 9.15. The van der Waals surface area contributed by atoms with Gasteiger partial charge in [0, 0.05) is 26.0 Å². The number of hydrogen-bond donors (Lipinski definition) is 1. The van der Waals surface area contributed by atoms with Gasteiger partial charge in [-0.05, 0) is 31.5 Å². The van der Waals surface area contributed by atoms with Gasteiger partial charge in [-0.2, -0.15) is 0 Å². The molecule has 1 unspecified atom stereocenters. The van der Waals surface area contributed by atoms with Crippen molar-refractivity contribution in [3.63, 3.8) is 0 Å². The minimum atomic E-state index is -0.715. The fourth-order valence-corrected chi connectivity index (χ4v) is 4.09. The zero-order valence-electron chi connectivity index (χ0n) is 16.2. The van der Waals surface area contributed by atoms with E-state index in [9.17, 15) is 9.59 Å². The Morgan fingerprint density at radius 3 is 2.61 bits per heavy atom. The lowest BCUT2D eigenvalue weighted by molar-refractivity contribution is -0.234. The summed E-state index contributed by atoms with van der Waals surface area (Å²) in [5, 5.41) is 3.63. The fourth-order valence-electron chi connectivity index (χ4n) is 4.09. The maximum Gasteiger partial charge on any atom is 0.509 e. The third-order valence-electron chi connectivity index (χ3n) is 5.35. The van der Waals surface area contributed by atoms with Crippen LogP contribution in [0, 0.1) is 0 Å². The number of fused-ring (bicyclic) bond motifs is 2. The third-order valence-corrected chi connectivity index (χ3v) is 5.35. The number of hydrogen-bond acceptors (Lipinski definition) is 8. The summed E-state index contributed by atoms with van der Waals surface area (Å²) >= 11 is 0. The molecule has 28 heavy (non-hydrogen) atoms. The molecular formula is C20H23NO7. The van der Waals surface area contributed by atoms with Gasteiger partial charge >= 0.3 is 11.8 Å². The van der Waals surface area contributed by atoms with Crippen molar-refractivity contribution in [2.45, 2.75) is 50.3 Å². The van der Waals surface area contributed by atoms with Gasteiger partial charge in [0.15, 0.2) is 12.2 Å². The van der Waals surface area contributed by atoms with E-state index in [4.69, 9.17) is 23.4 Å². The van der Waals surface area contributed by atoms with Crippen LogP contribution in [0.3, 0.4) is 0 Å². The van der Waals surface area contributed by atoms with E-state index in [1.54, 1.807) is 20.2 Å². The van der Waals surface area contributed by atoms with E-state index in [1.807, 2.05) is 32.0 Å². The summed E-state index contributed by atoms with van der Waals surface area (Å²) in [6.45, 7) is 3.80. The Kier molecular flexibility index (Phi) is 4.55. The highest BCUT2D eigenvalue weighted by Crippen LogP contribution is 2.38. The van der Waals surface area contributed by atoms with E-state index in [0.717, 1.165) is 10.9 Å². The zero-order chi connectivity index (χ0) is 20.1. The minimum absolute atomic E-state index is 0.404. The monoisotopic (exact) mass is 389 g/mol. The number of benzene rings is 1. The predicted octanol–water partition coefficient (Wildman–Crippen LogP) is 2.47. The summed E-state index contributed by atoms with van der Waals surface area (Å²) in [6.07, 6.45) is -2.21. The van der Waals surface area contributed by atoms with Crippen LogP contribution in [0.2, 0.25) is 0 Å².